The Kier molecular flexibility index (Phi) is 4.15. The van der Waals surface area contributed by atoms with Crippen LogP contribution < -0.4 is 10.6 Å². The zero-order valence-electron chi connectivity index (χ0n) is 10.4. The molecule has 1 heterocycles. The van der Waals surface area contributed by atoms with E-state index in [1.165, 1.54) is 16.7 Å². The summed E-state index contributed by atoms with van der Waals surface area (Å²) in [4.78, 5) is 11.4. The summed E-state index contributed by atoms with van der Waals surface area (Å²) in [5.74, 6) is 0.142. The van der Waals surface area contributed by atoms with Gasteiger partial charge in [0.15, 0.2) is 0 Å². The minimum absolute atomic E-state index is 0.142. The summed E-state index contributed by atoms with van der Waals surface area (Å²) in [5.41, 5.74) is 4.11. The van der Waals surface area contributed by atoms with Gasteiger partial charge >= 0.3 is 0 Å². The molecule has 0 fully saturated rings. The molecule has 0 radical (unpaired) electrons. The van der Waals surface area contributed by atoms with Gasteiger partial charge in [-0.05, 0) is 43.0 Å². The molecule has 1 aliphatic rings. The topological polar surface area (TPSA) is 41.1 Å². The Morgan fingerprint density at radius 1 is 1.41 bits per heavy atom. The molecule has 17 heavy (non-hydrogen) atoms. The van der Waals surface area contributed by atoms with E-state index in [4.69, 9.17) is 0 Å². The van der Waals surface area contributed by atoms with Gasteiger partial charge < -0.3 is 10.6 Å². The first kappa shape index (κ1) is 12.1. The minimum atomic E-state index is 0.142. The number of carbonyl (C=O) groups is 1. The van der Waals surface area contributed by atoms with Crippen molar-refractivity contribution in [2.75, 3.05) is 13.1 Å². The zero-order valence-corrected chi connectivity index (χ0v) is 10.4. The molecule has 0 bridgehead atoms. The summed E-state index contributed by atoms with van der Waals surface area (Å²) in [6, 6.07) is 6.60. The maximum atomic E-state index is 11.4. The lowest BCUT2D eigenvalue weighted by Gasteiger charge is -2.17. The number of amides is 1. The molecule has 1 amide bonds. The predicted molar refractivity (Wildman–Crippen MR) is 68.9 cm³/mol. The highest BCUT2D eigenvalue weighted by Gasteiger charge is 2.09. The smallest absolute Gasteiger partial charge is 0.220 e. The van der Waals surface area contributed by atoms with Crippen molar-refractivity contribution in [1.29, 1.82) is 0 Å². The molecular weight excluding hydrogens is 212 g/mol. The number of carbonyl (C=O) groups excluding carboxylic acids is 1. The van der Waals surface area contributed by atoms with Crippen LogP contribution in [0.3, 0.4) is 0 Å². The van der Waals surface area contributed by atoms with E-state index in [-0.39, 0.29) is 5.91 Å². The van der Waals surface area contributed by atoms with Crippen LogP contribution >= 0.6 is 0 Å². The van der Waals surface area contributed by atoms with Gasteiger partial charge in [0, 0.05) is 19.5 Å². The maximum absolute atomic E-state index is 11.4. The van der Waals surface area contributed by atoms with E-state index in [0.29, 0.717) is 13.0 Å². The van der Waals surface area contributed by atoms with Crippen LogP contribution in [0.15, 0.2) is 18.2 Å². The first-order chi connectivity index (χ1) is 8.29. The van der Waals surface area contributed by atoms with E-state index in [0.717, 1.165) is 25.9 Å². The van der Waals surface area contributed by atoms with Crippen LogP contribution in [0.4, 0.5) is 0 Å². The van der Waals surface area contributed by atoms with Gasteiger partial charge in [0.2, 0.25) is 5.91 Å². The second-order valence-corrected chi connectivity index (χ2v) is 4.48. The monoisotopic (exact) mass is 232 g/mol. The number of fused-ring (bicyclic) bond motifs is 1. The van der Waals surface area contributed by atoms with Gasteiger partial charge in [-0.15, -0.1) is 0 Å². The number of aryl methyl sites for hydroxylation is 1. The lowest BCUT2D eigenvalue weighted by Crippen LogP contribution is -2.24. The van der Waals surface area contributed by atoms with Crippen LogP contribution in [0.5, 0.6) is 0 Å². The van der Waals surface area contributed by atoms with E-state index in [1.54, 1.807) is 0 Å². The van der Waals surface area contributed by atoms with Crippen LogP contribution in [0.2, 0.25) is 0 Å². The van der Waals surface area contributed by atoms with E-state index in [1.807, 2.05) is 6.92 Å². The van der Waals surface area contributed by atoms with Crippen molar-refractivity contribution in [2.24, 2.45) is 0 Å². The molecule has 1 aromatic carbocycles. The molecule has 92 valence electrons. The lowest BCUT2D eigenvalue weighted by molar-refractivity contribution is -0.120. The Morgan fingerprint density at radius 3 is 3.12 bits per heavy atom. The average molecular weight is 232 g/mol. The maximum Gasteiger partial charge on any atom is 0.220 e. The number of nitrogens with one attached hydrogen (secondary N) is 2. The van der Waals surface area contributed by atoms with Crippen LogP contribution in [0.1, 0.15) is 30.0 Å². The van der Waals surface area contributed by atoms with Crippen LogP contribution in [0, 0.1) is 0 Å². The molecule has 2 rings (SSSR count). The molecule has 0 saturated heterocycles. The summed E-state index contributed by atoms with van der Waals surface area (Å²) in [6.07, 6.45) is 2.53. The molecular formula is C14H20N2O. The molecule has 0 aliphatic carbocycles. The van der Waals surface area contributed by atoms with Gasteiger partial charge in [0.25, 0.3) is 0 Å². The van der Waals surface area contributed by atoms with E-state index in [9.17, 15) is 4.79 Å². The molecule has 0 aromatic heterocycles. The average Bonchev–Trinajstić information content (AvgIpc) is 2.36. The number of rotatable bonds is 4. The lowest BCUT2D eigenvalue weighted by atomic mass is 9.97. The van der Waals surface area contributed by atoms with Gasteiger partial charge in [0.1, 0.15) is 0 Å². The highest BCUT2D eigenvalue weighted by molar-refractivity contribution is 5.76. The van der Waals surface area contributed by atoms with Gasteiger partial charge in [0.05, 0.1) is 0 Å². The van der Waals surface area contributed by atoms with Gasteiger partial charge in [-0.25, -0.2) is 0 Å². The van der Waals surface area contributed by atoms with Crippen molar-refractivity contribution in [2.45, 2.75) is 32.7 Å². The van der Waals surface area contributed by atoms with Crippen LogP contribution in [0.25, 0.3) is 0 Å². The van der Waals surface area contributed by atoms with Crippen molar-refractivity contribution in [3.05, 3.63) is 34.9 Å². The van der Waals surface area contributed by atoms with Crippen molar-refractivity contribution >= 4 is 5.91 Å². The van der Waals surface area contributed by atoms with Gasteiger partial charge in [-0.1, -0.05) is 18.2 Å². The minimum Gasteiger partial charge on any atom is -0.356 e. The molecule has 3 heteroatoms. The molecule has 1 aromatic rings. The quantitative estimate of drug-likeness (QED) is 0.824. The Morgan fingerprint density at radius 2 is 2.29 bits per heavy atom. The Balaban J connectivity index is 1.95. The van der Waals surface area contributed by atoms with Crippen LogP contribution in [-0.2, 0) is 24.2 Å². The molecule has 0 spiro atoms. The first-order valence-electron chi connectivity index (χ1n) is 6.37. The standard InChI is InChI=1S/C14H20N2O/c1-2-16-14(17)6-4-11-3-5-12-7-8-15-10-13(12)9-11/h3,5,9,15H,2,4,6-8,10H2,1H3,(H,16,17). The highest BCUT2D eigenvalue weighted by atomic mass is 16.1. The van der Waals surface area contributed by atoms with Crippen molar-refractivity contribution in [3.63, 3.8) is 0 Å². The van der Waals surface area contributed by atoms with E-state index < -0.39 is 0 Å². The Labute approximate surface area is 103 Å². The summed E-state index contributed by atoms with van der Waals surface area (Å²) in [7, 11) is 0. The van der Waals surface area contributed by atoms with Gasteiger partial charge in [-0.3, -0.25) is 4.79 Å². The number of hydrogen-bond acceptors (Lipinski definition) is 2. The fourth-order valence-electron chi connectivity index (χ4n) is 2.23. The fourth-order valence-corrected chi connectivity index (χ4v) is 2.23. The Hall–Kier alpha value is -1.35. The third-order valence-corrected chi connectivity index (χ3v) is 3.17. The molecule has 0 atom stereocenters. The summed E-state index contributed by atoms with van der Waals surface area (Å²) < 4.78 is 0. The third kappa shape index (κ3) is 3.30. The zero-order chi connectivity index (χ0) is 12.1. The predicted octanol–water partition coefficient (Wildman–Crippen LogP) is 1.40. The van der Waals surface area contributed by atoms with E-state index in [2.05, 4.69) is 28.8 Å². The van der Waals surface area contributed by atoms with E-state index >= 15 is 0 Å². The fraction of sp³-hybridized carbons (Fsp3) is 0.500. The largest absolute Gasteiger partial charge is 0.356 e. The molecule has 0 unspecified atom stereocenters. The normalized spacial score (nSPS) is 14.2. The van der Waals surface area contributed by atoms with Crippen LogP contribution in [-0.4, -0.2) is 19.0 Å². The first-order valence-corrected chi connectivity index (χ1v) is 6.37. The third-order valence-electron chi connectivity index (χ3n) is 3.17. The summed E-state index contributed by atoms with van der Waals surface area (Å²) in [6.45, 7) is 4.70. The molecule has 2 N–H and O–H groups in total. The molecule has 1 aliphatic heterocycles. The summed E-state index contributed by atoms with van der Waals surface area (Å²) in [5, 5.41) is 6.20. The number of hydrogen-bond donors (Lipinski definition) is 2. The highest BCUT2D eigenvalue weighted by Crippen LogP contribution is 2.16. The van der Waals surface area contributed by atoms with Crippen molar-refractivity contribution < 1.29 is 4.79 Å². The molecule has 3 nitrogen and oxygen atoms in total. The molecule has 0 saturated carbocycles. The SMILES string of the molecule is CCNC(=O)CCc1ccc2c(c1)CNCC2. The summed E-state index contributed by atoms with van der Waals surface area (Å²) >= 11 is 0. The van der Waals surface area contributed by atoms with Gasteiger partial charge in [-0.2, -0.15) is 0 Å². The second-order valence-electron chi connectivity index (χ2n) is 4.48. The number of benzene rings is 1. The van der Waals surface area contributed by atoms with Crippen molar-refractivity contribution in [1.82, 2.24) is 10.6 Å². The second kappa shape index (κ2) is 5.82. The Bertz CT molecular complexity index is 401. The van der Waals surface area contributed by atoms with Crippen molar-refractivity contribution in [3.8, 4) is 0 Å².